The summed E-state index contributed by atoms with van der Waals surface area (Å²) in [6, 6.07) is 10.5. The van der Waals surface area contributed by atoms with Gasteiger partial charge in [0.05, 0.1) is 23.3 Å². The molecule has 0 saturated heterocycles. The maximum absolute atomic E-state index is 13.5. The molecule has 2 aromatic carbocycles. The van der Waals surface area contributed by atoms with Crippen molar-refractivity contribution < 1.29 is 22.3 Å². The standard InChI is InChI=1S/C25H26FN7O4S/c1-4-38(35,36)33-18-10-5-15(13-19(18)37-25(2,3)16-6-8-17(26)9-7-16)22-21(23(27)34)24(32-31-22)30-20-14-28-11-12-29-20/h5-14,33H,4H2,1-3H3,(H2,27,34)(H2,29,30,31,32). The number of anilines is 3. The molecule has 0 spiro atoms. The SMILES string of the molecule is CCS(=O)(=O)Nc1ccc(-c2[nH]nc(Nc3cnccn3)c2C(N)=O)cc1OC(C)(C)c1ccc(F)cc1. The third-order valence-corrected chi connectivity index (χ3v) is 6.93. The molecule has 0 aliphatic heterocycles. The van der Waals surface area contributed by atoms with E-state index in [2.05, 4.69) is 30.2 Å². The van der Waals surface area contributed by atoms with Crippen LogP contribution in [-0.4, -0.2) is 40.2 Å². The van der Waals surface area contributed by atoms with Gasteiger partial charge in [0.2, 0.25) is 10.0 Å². The van der Waals surface area contributed by atoms with Crippen LogP contribution in [-0.2, 0) is 15.6 Å². The molecule has 0 aliphatic carbocycles. The van der Waals surface area contributed by atoms with Crippen LogP contribution in [0.5, 0.6) is 5.75 Å². The van der Waals surface area contributed by atoms with Gasteiger partial charge in [-0.25, -0.2) is 17.8 Å². The van der Waals surface area contributed by atoms with Crippen molar-refractivity contribution >= 4 is 33.3 Å². The predicted molar refractivity (Wildman–Crippen MR) is 141 cm³/mol. The van der Waals surface area contributed by atoms with Crippen LogP contribution in [0, 0.1) is 5.82 Å². The summed E-state index contributed by atoms with van der Waals surface area (Å²) >= 11 is 0. The first-order chi connectivity index (χ1) is 18.0. The zero-order valence-electron chi connectivity index (χ0n) is 20.8. The number of aromatic amines is 1. The minimum atomic E-state index is -3.65. The number of H-pyrrole nitrogens is 1. The number of rotatable bonds is 10. The lowest BCUT2D eigenvalue weighted by molar-refractivity contribution is 0.100. The lowest BCUT2D eigenvalue weighted by Crippen LogP contribution is -2.26. The normalized spacial score (nSPS) is 11.7. The number of hydrogen-bond donors (Lipinski definition) is 4. The number of amides is 1. The van der Waals surface area contributed by atoms with Crippen molar-refractivity contribution in [3.8, 4) is 17.0 Å². The van der Waals surface area contributed by atoms with E-state index in [0.29, 0.717) is 16.9 Å². The molecule has 5 N–H and O–H groups in total. The molecule has 0 bridgehead atoms. The van der Waals surface area contributed by atoms with Crippen LogP contribution < -0.4 is 20.5 Å². The van der Waals surface area contributed by atoms with E-state index in [4.69, 9.17) is 10.5 Å². The first-order valence-corrected chi connectivity index (χ1v) is 13.2. The summed E-state index contributed by atoms with van der Waals surface area (Å²) in [7, 11) is -3.65. The van der Waals surface area contributed by atoms with Gasteiger partial charge >= 0.3 is 0 Å². The molecule has 0 aliphatic rings. The lowest BCUT2D eigenvalue weighted by atomic mass is 9.97. The van der Waals surface area contributed by atoms with E-state index in [9.17, 15) is 17.6 Å². The maximum Gasteiger partial charge on any atom is 0.254 e. The van der Waals surface area contributed by atoms with Crippen LogP contribution in [0.4, 0.5) is 21.7 Å². The Morgan fingerprint density at radius 3 is 2.53 bits per heavy atom. The van der Waals surface area contributed by atoms with Crippen molar-refractivity contribution in [3.63, 3.8) is 0 Å². The maximum atomic E-state index is 13.5. The average molecular weight is 540 g/mol. The van der Waals surface area contributed by atoms with E-state index in [1.165, 1.54) is 43.7 Å². The molecule has 1 amide bonds. The Morgan fingerprint density at radius 2 is 1.89 bits per heavy atom. The molecule has 0 fully saturated rings. The quantitative estimate of drug-likeness (QED) is 0.235. The van der Waals surface area contributed by atoms with Gasteiger partial charge in [0.1, 0.15) is 28.5 Å². The van der Waals surface area contributed by atoms with Crippen molar-refractivity contribution in [2.24, 2.45) is 5.73 Å². The smallest absolute Gasteiger partial charge is 0.254 e. The molecular formula is C25H26FN7O4S. The molecule has 4 rings (SSSR count). The number of nitrogens with zero attached hydrogens (tertiary/aromatic N) is 3. The number of benzene rings is 2. The second kappa shape index (κ2) is 10.5. The van der Waals surface area contributed by atoms with E-state index >= 15 is 0 Å². The fraction of sp³-hybridized carbons (Fsp3) is 0.200. The average Bonchev–Trinajstić information content (AvgIpc) is 3.29. The number of halogens is 1. The van der Waals surface area contributed by atoms with Crippen LogP contribution >= 0.6 is 0 Å². The highest BCUT2D eigenvalue weighted by molar-refractivity contribution is 7.92. The molecule has 2 aromatic heterocycles. The van der Waals surface area contributed by atoms with Gasteiger partial charge in [-0.15, -0.1) is 0 Å². The van der Waals surface area contributed by atoms with Gasteiger partial charge in [-0.3, -0.25) is 19.6 Å². The van der Waals surface area contributed by atoms with Crippen LogP contribution in [0.15, 0.2) is 61.1 Å². The van der Waals surface area contributed by atoms with Crippen molar-refractivity contribution in [2.45, 2.75) is 26.4 Å². The summed E-state index contributed by atoms with van der Waals surface area (Å²) in [5.41, 5.74) is 6.31. The number of carbonyl (C=O) groups excluding carboxylic acids is 1. The number of nitrogens with two attached hydrogens (primary N) is 1. The lowest BCUT2D eigenvalue weighted by Gasteiger charge is -2.28. The van der Waals surface area contributed by atoms with Gasteiger partial charge in [0.15, 0.2) is 5.82 Å². The number of hydrogen-bond acceptors (Lipinski definition) is 8. The van der Waals surface area contributed by atoms with Gasteiger partial charge in [-0.05, 0) is 50.6 Å². The number of nitrogens with one attached hydrogen (secondary N) is 3. The number of ether oxygens (including phenoxy) is 1. The van der Waals surface area contributed by atoms with E-state index in [-0.39, 0.29) is 34.3 Å². The first kappa shape index (κ1) is 26.5. The Hall–Kier alpha value is -4.52. The van der Waals surface area contributed by atoms with E-state index in [0.717, 1.165) is 0 Å². The highest BCUT2D eigenvalue weighted by Crippen LogP contribution is 2.38. The summed E-state index contributed by atoms with van der Waals surface area (Å²) in [4.78, 5) is 20.5. The Morgan fingerprint density at radius 1 is 1.16 bits per heavy atom. The zero-order chi connectivity index (χ0) is 27.5. The summed E-state index contributed by atoms with van der Waals surface area (Å²) in [6.07, 6.45) is 4.43. The fourth-order valence-electron chi connectivity index (χ4n) is 3.64. The topological polar surface area (TPSA) is 165 Å². The minimum absolute atomic E-state index is 0.0567. The molecule has 13 heteroatoms. The molecule has 4 aromatic rings. The molecular weight excluding hydrogens is 513 g/mol. The molecule has 198 valence electrons. The molecule has 0 radical (unpaired) electrons. The Kier molecular flexibility index (Phi) is 7.30. The number of sulfonamides is 1. The third kappa shape index (κ3) is 5.89. The first-order valence-electron chi connectivity index (χ1n) is 11.5. The summed E-state index contributed by atoms with van der Waals surface area (Å²) in [6.45, 7) is 5.03. The number of primary amides is 1. The predicted octanol–water partition coefficient (Wildman–Crippen LogP) is 3.92. The van der Waals surface area contributed by atoms with Gasteiger partial charge in [0.25, 0.3) is 5.91 Å². The third-order valence-electron chi connectivity index (χ3n) is 5.64. The highest BCUT2D eigenvalue weighted by Gasteiger charge is 2.27. The summed E-state index contributed by atoms with van der Waals surface area (Å²) < 4.78 is 47.0. The Labute approximate surface area is 218 Å². The van der Waals surface area contributed by atoms with Gasteiger partial charge in [-0.1, -0.05) is 18.2 Å². The molecule has 0 unspecified atom stereocenters. The second-order valence-electron chi connectivity index (χ2n) is 8.74. The van der Waals surface area contributed by atoms with Crippen LogP contribution in [0.2, 0.25) is 0 Å². The van der Waals surface area contributed by atoms with Crippen molar-refractivity contribution in [1.82, 2.24) is 20.2 Å². The molecule has 0 atom stereocenters. The van der Waals surface area contributed by atoms with Gasteiger partial charge in [0, 0.05) is 18.0 Å². The second-order valence-corrected chi connectivity index (χ2v) is 10.7. The minimum Gasteiger partial charge on any atom is -0.481 e. The summed E-state index contributed by atoms with van der Waals surface area (Å²) in [5.74, 6) is -0.654. The zero-order valence-corrected chi connectivity index (χ0v) is 21.6. The van der Waals surface area contributed by atoms with Crippen molar-refractivity contribution in [1.29, 1.82) is 0 Å². The van der Waals surface area contributed by atoms with Crippen molar-refractivity contribution in [3.05, 3.63) is 78.0 Å². The molecule has 0 saturated carbocycles. The molecule has 38 heavy (non-hydrogen) atoms. The monoisotopic (exact) mass is 539 g/mol. The number of carbonyl (C=O) groups is 1. The highest BCUT2D eigenvalue weighted by atomic mass is 32.2. The van der Waals surface area contributed by atoms with Crippen LogP contribution in [0.1, 0.15) is 36.7 Å². The van der Waals surface area contributed by atoms with Crippen molar-refractivity contribution in [2.75, 3.05) is 15.8 Å². The molecule has 2 heterocycles. The molecule has 11 nitrogen and oxygen atoms in total. The number of aromatic nitrogens is 4. The Bertz CT molecular complexity index is 1560. The van der Waals surface area contributed by atoms with E-state index in [1.807, 2.05) is 0 Å². The van der Waals surface area contributed by atoms with E-state index in [1.54, 1.807) is 38.1 Å². The van der Waals surface area contributed by atoms with Gasteiger partial charge in [-0.2, -0.15) is 5.10 Å². The fourth-order valence-corrected chi connectivity index (χ4v) is 4.29. The van der Waals surface area contributed by atoms with Gasteiger partial charge < -0.3 is 15.8 Å². The summed E-state index contributed by atoms with van der Waals surface area (Å²) in [5, 5.41) is 9.88. The Balaban J connectivity index is 1.78. The largest absolute Gasteiger partial charge is 0.481 e. The van der Waals surface area contributed by atoms with Crippen LogP contribution in [0.25, 0.3) is 11.3 Å². The van der Waals surface area contributed by atoms with Crippen LogP contribution in [0.3, 0.4) is 0 Å². The van der Waals surface area contributed by atoms with E-state index < -0.39 is 27.3 Å².